The maximum atomic E-state index is 13.5. The molecule has 2 fully saturated rings. The molecular weight excluding hydrogens is 281 g/mol. The molecule has 1 atom stereocenters. The summed E-state index contributed by atoms with van der Waals surface area (Å²) < 4.78 is 13.5. The topological polar surface area (TPSA) is 44.4 Å². The van der Waals surface area contributed by atoms with Gasteiger partial charge in [0.1, 0.15) is 5.82 Å². The number of urea groups is 1. The van der Waals surface area contributed by atoms with Crippen molar-refractivity contribution < 1.29 is 9.18 Å². The number of hydrogen-bond donors (Lipinski definition) is 2. The van der Waals surface area contributed by atoms with Crippen LogP contribution in [0.2, 0.25) is 0 Å². The van der Waals surface area contributed by atoms with Gasteiger partial charge in [-0.2, -0.15) is 0 Å². The number of carbonyl (C=O) groups excluding carboxylic acids is 1. The number of benzene rings is 1. The van der Waals surface area contributed by atoms with Crippen LogP contribution in [0.3, 0.4) is 0 Å². The third-order valence-corrected chi connectivity index (χ3v) is 4.83. The number of hydrogen-bond acceptors (Lipinski definition) is 2. The molecule has 3 rings (SSSR count). The summed E-state index contributed by atoms with van der Waals surface area (Å²) in [5.74, 6) is 0.0953. The van der Waals surface area contributed by atoms with Crippen LogP contribution < -0.4 is 10.6 Å². The minimum Gasteiger partial charge on any atom is -0.338 e. The first-order valence-corrected chi connectivity index (χ1v) is 8.26. The standard InChI is InChI=1S/C17H24FN3O/c18-15-7-3-4-8-16(15)20-17(22)19-11-13-9-10-21(12-13)14-5-1-2-6-14/h3-4,7-8,13-14H,1-2,5-6,9-12H2,(H2,19,20,22). The van der Waals surface area contributed by atoms with Crippen molar-refractivity contribution in [2.24, 2.45) is 5.92 Å². The summed E-state index contributed by atoms with van der Waals surface area (Å²) in [6, 6.07) is 6.64. The Balaban J connectivity index is 1.41. The molecule has 1 unspecified atom stereocenters. The molecule has 2 amide bonds. The Hall–Kier alpha value is -1.62. The minimum atomic E-state index is -0.411. The van der Waals surface area contributed by atoms with Gasteiger partial charge in [0.05, 0.1) is 5.69 Å². The second-order valence-corrected chi connectivity index (χ2v) is 6.40. The molecule has 22 heavy (non-hydrogen) atoms. The van der Waals surface area contributed by atoms with Gasteiger partial charge in [0.25, 0.3) is 0 Å². The Morgan fingerprint density at radius 2 is 2.00 bits per heavy atom. The van der Waals surface area contributed by atoms with Gasteiger partial charge in [-0.3, -0.25) is 0 Å². The van der Waals surface area contributed by atoms with Crippen molar-refractivity contribution in [2.45, 2.75) is 38.1 Å². The van der Waals surface area contributed by atoms with Crippen LogP contribution in [0.5, 0.6) is 0 Å². The Morgan fingerprint density at radius 1 is 1.23 bits per heavy atom. The first kappa shape index (κ1) is 15.3. The molecule has 4 nitrogen and oxygen atoms in total. The molecule has 2 N–H and O–H groups in total. The molecule has 0 bridgehead atoms. The fourth-order valence-corrected chi connectivity index (χ4v) is 3.60. The van der Waals surface area contributed by atoms with Gasteiger partial charge in [-0.1, -0.05) is 25.0 Å². The number of anilines is 1. The zero-order valence-electron chi connectivity index (χ0n) is 12.9. The lowest BCUT2D eigenvalue weighted by Gasteiger charge is -2.23. The summed E-state index contributed by atoms with van der Waals surface area (Å²) in [7, 11) is 0. The third-order valence-electron chi connectivity index (χ3n) is 4.83. The van der Waals surface area contributed by atoms with Crippen molar-refractivity contribution >= 4 is 11.7 Å². The van der Waals surface area contributed by atoms with Crippen LogP contribution in [0.4, 0.5) is 14.9 Å². The van der Waals surface area contributed by atoms with Gasteiger partial charge in [0.2, 0.25) is 0 Å². The van der Waals surface area contributed by atoms with E-state index in [9.17, 15) is 9.18 Å². The number of halogens is 1. The maximum Gasteiger partial charge on any atom is 0.319 e. The summed E-state index contributed by atoms with van der Waals surface area (Å²) in [5.41, 5.74) is 0.221. The minimum absolute atomic E-state index is 0.221. The summed E-state index contributed by atoms with van der Waals surface area (Å²) in [6.07, 6.45) is 6.50. The van der Waals surface area contributed by atoms with Gasteiger partial charge in [0.15, 0.2) is 0 Å². The van der Waals surface area contributed by atoms with E-state index in [0.29, 0.717) is 12.5 Å². The Kier molecular flexibility index (Phi) is 4.93. The summed E-state index contributed by atoms with van der Waals surface area (Å²) in [4.78, 5) is 14.4. The van der Waals surface area contributed by atoms with Crippen LogP contribution in [0.15, 0.2) is 24.3 Å². The average molecular weight is 305 g/mol. The molecule has 1 aromatic rings. The lowest BCUT2D eigenvalue weighted by atomic mass is 10.1. The third kappa shape index (κ3) is 3.77. The summed E-state index contributed by atoms with van der Waals surface area (Å²) in [5, 5.41) is 5.43. The van der Waals surface area contributed by atoms with Crippen LogP contribution in [-0.2, 0) is 0 Å². The van der Waals surface area contributed by atoms with Gasteiger partial charge in [-0.15, -0.1) is 0 Å². The lowest BCUT2D eigenvalue weighted by Crippen LogP contribution is -2.36. The molecule has 1 heterocycles. The largest absolute Gasteiger partial charge is 0.338 e. The molecule has 120 valence electrons. The molecule has 1 aliphatic carbocycles. The predicted molar refractivity (Wildman–Crippen MR) is 85.4 cm³/mol. The Bertz CT molecular complexity index is 516. The van der Waals surface area contributed by atoms with Gasteiger partial charge in [-0.05, 0) is 43.9 Å². The number of carbonyl (C=O) groups is 1. The lowest BCUT2D eigenvalue weighted by molar-refractivity contribution is 0.234. The Labute approximate surface area is 131 Å². The van der Waals surface area contributed by atoms with E-state index in [1.165, 1.54) is 31.7 Å². The highest BCUT2D eigenvalue weighted by Crippen LogP contribution is 2.28. The number of nitrogens with one attached hydrogen (secondary N) is 2. The highest BCUT2D eigenvalue weighted by molar-refractivity contribution is 5.89. The number of rotatable bonds is 4. The van der Waals surface area contributed by atoms with Crippen LogP contribution in [0.1, 0.15) is 32.1 Å². The van der Waals surface area contributed by atoms with Crippen molar-refractivity contribution in [1.29, 1.82) is 0 Å². The molecule has 1 saturated carbocycles. The maximum absolute atomic E-state index is 13.5. The normalized spacial score (nSPS) is 22.9. The van der Waals surface area contributed by atoms with Crippen LogP contribution in [0, 0.1) is 11.7 Å². The van der Waals surface area contributed by atoms with Crippen LogP contribution in [0.25, 0.3) is 0 Å². The van der Waals surface area contributed by atoms with E-state index in [-0.39, 0.29) is 11.7 Å². The molecular formula is C17H24FN3O. The van der Waals surface area contributed by atoms with Crippen molar-refractivity contribution in [1.82, 2.24) is 10.2 Å². The quantitative estimate of drug-likeness (QED) is 0.897. The van der Waals surface area contributed by atoms with Gasteiger partial charge >= 0.3 is 6.03 Å². The second kappa shape index (κ2) is 7.09. The van der Waals surface area contributed by atoms with E-state index in [2.05, 4.69) is 15.5 Å². The molecule has 5 heteroatoms. The second-order valence-electron chi connectivity index (χ2n) is 6.40. The van der Waals surface area contributed by atoms with E-state index in [4.69, 9.17) is 0 Å². The zero-order chi connectivity index (χ0) is 15.4. The van der Waals surface area contributed by atoms with Gasteiger partial charge in [0, 0.05) is 19.1 Å². The molecule has 1 aliphatic heterocycles. The van der Waals surface area contributed by atoms with E-state index in [1.807, 2.05) is 0 Å². The first-order chi connectivity index (χ1) is 10.7. The molecule has 1 aromatic carbocycles. The number of para-hydroxylation sites is 1. The van der Waals surface area contributed by atoms with Crippen LogP contribution >= 0.6 is 0 Å². The molecule has 0 spiro atoms. The summed E-state index contributed by atoms with van der Waals surface area (Å²) in [6.45, 7) is 2.88. The van der Waals surface area contributed by atoms with E-state index >= 15 is 0 Å². The fraction of sp³-hybridized carbons (Fsp3) is 0.588. The van der Waals surface area contributed by atoms with E-state index in [1.54, 1.807) is 18.2 Å². The molecule has 0 aromatic heterocycles. The predicted octanol–water partition coefficient (Wildman–Crippen LogP) is 3.21. The van der Waals surface area contributed by atoms with E-state index < -0.39 is 5.82 Å². The SMILES string of the molecule is O=C(NCC1CCN(C2CCCC2)C1)Nc1ccccc1F. The Morgan fingerprint density at radius 3 is 2.77 bits per heavy atom. The highest BCUT2D eigenvalue weighted by Gasteiger charge is 2.29. The van der Waals surface area contributed by atoms with Crippen molar-refractivity contribution in [3.8, 4) is 0 Å². The number of likely N-dealkylation sites (tertiary alicyclic amines) is 1. The first-order valence-electron chi connectivity index (χ1n) is 8.26. The zero-order valence-corrected chi connectivity index (χ0v) is 12.9. The molecule has 0 radical (unpaired) electrons. The van der Waals surface area contributed by atoms with Crippen molar-refractivity contribution in [3.05, 3.63) is 30.1 Å². The van der Waals surface area contributed by atoms with Gasteiger partial charge < -0.3 is 15.5 Å². The number of amides is 2. The molecule has 1 saturated heterocycles. The fourth-order valence-electron chi connectivity index (χ4n) is 3.60. The van der Waals surface area contributed by atoms with E-state index in [0.717, 1.165) is 25.6 Å². The molecule has 2 aliphatic rings. The highest BCUT2D eigenvalue weighted by atomic mass is 19.1. The van der Waals surface area contributed by atoms with Gasteiger partial charge in [-0.25, -0.2) is 9.18 Å². The summed E-state index contributed by atoms with van der Waals surface area (Å²) >= 11 is 0. The van der Waals surface area contributed by atoms with Crippen molar-refractivity contribution in [3.63, 3.8) is 0 Å². The monoisotopic (exact) mass is 305 g/mol. The average Bonchev–Trinajstić information content (AvgIpc) is 3.18. The smallest absolute Gasteiger partial charge is 0.319 e. The van der Waals surface area contributed by atoms with Crippen molar-refractivity contribution in [2.75, 3.05) is 25.0 Å². The number of nitrogens with zero attached hydrogens (tertiary/aromatic N) is 1. The van der Waals surface area contributed by atoms with Crippen LogP contribution in [-0.4, -0.2) is 36.6 Å².